The van der Waals surface area contributed by atoms with E-state index in [9.17, 15) is 39.8 Å². The van der Waals surface area contributed by atoms with Gasteiger partial charge in [-0.15, -0.1) is 0 Å². The molecule has 0 heterocycles. The SMILES string of the molecule is CC/C=C\C/C=C\C/C=C\C/C=C\CCC(=O)OC(COCCCCCCCCCCCCCCCCCCCCC)COP(=O)(O)OC1C(O)C(O)C(O)C(O)C1O. The van der Waals surface area contributed by atoms with Crippen LogP contribution in [-0.2, 0) is 27.9 Å². The highest BCUT2D eigenvalue weighted by Crippen LogP contribution is 2.47. The van der Waals surface area contributed by atoms with E-state index in [4.69, 9.17) is 18.5 Å². The maximum absolute atomic E-state index is 12.8. The zero-order chi connectivity index (χ0) is 43.4. The largest absolute Gasteiger partial charge is 0.472 e. The van der Waals surface area contributed by atoms with Gasteiger partial charge in [-0.25, -0.2) is 4.57 Å². The molecular formula is C46H83O12P. The molecule has 1 rings (SSSR count). The number of phosphoric ester groups is 1. The molecule has 0 radical (unpaired) electrons. The number of aliphatic hydroxyl groups excluding tert-OH is 5. The molecule has 0 bridgehead atoms. The fourth-order valence-corrected chi connectivity index (χ4v) is 7.81. The van der Waals surface area contributed by atoms with Gasteiger partial charge >= 0.3 is 13.8 Å². The highest BCUT2D eigenvalue weighted by Gasteiger charge is 2.51. The zero-order valence-corrected chi connectivity index (χ0v) is 37.4. The first-order valence-electron chi connectivity index (χ1n) is 23.0. The lowest BCUT2D eigenvalue weighted by atomic mass is 9.85. The van der Waals surface area contributed by atoms with E-state index >= 15 is 0 Å². The van der Waals surface area contributed by atoms with Crippen LogP contribution in [0.25, 0.3) is 0 Å². The van der Waals surface area contributed by atoms with Crippen LogP contribution in [0.15, 0.2) is 48.6 Å². The molecule has 1 aliphatic carbocycles. The van der Waals surface area contributed by atoms with Crippen molar-refractivity contribution in [3.63, 3.8) is 0 Å². The normalized spacial score (nSPS) is 22.9. The van der Waals surface area contributed by atoms with Crippen LogP contribution in [0.3, 0.4) is 0 Å². The monoisotopic (exact) mass is 859 g/mol. The van der Waals surface area contributed by atoms with Crippen LogP contribution < -0.4 is 0 Å². The number of rotatable bonds is 38. The van der Waals surface area contributed by atoms with Crippen LogP contribution in [0.5, 0.6) is 0 Å². The Morgan fingerprint density at radius 3 is 1.42 bits per heavy atom. The standard InChI is InChI=1S/C46H83O12P/c1-3-5-7-9-11-13-15-17-18-19-20-21-22-24-26-28-30-32-34-36-55-37-39(38-56-59(53,54)58-46-44(51)42(49)41(48)43(50)45(46)52)57-40(47)35-33-31-29-27-25-23-16-14-12-10-8-6-4-2/h6,8,12,14,23,25,29,31,39,41-46,48-52H,3-5,7,9-11,13,15-22,24,26-28,30,32-38H2,1-2H3,(H,53,54)/b8-6-,14-12-,25-23-,31-29-. The minimum Gasteiger partial charge on any atom is -0.457 e. The van der Waals surface area contributed by atoms with E-state index in [-0.39, 0.29) is 13.0 Å². The van der Waals surface area contributed by atoms with Crippen molar-refractivity contribution in [3.05, 3.63) is 48.6 Å². The van der Waals surface area contributed by atoms with Crippen LogP contribution in [0.2, 0.25) is 0 Å². The van der Waals surface area contributed by atoms with Crippen molar-refractivity contribution in [2.24, 2.45) is 0 Å². The van der Waals surface area contributed by atoms with Gasteiger partial charge in [-0.3, -0.25) is 13.8 Å². The van der Waals surface area contributed by atoms with Gasteiger partial charge in [0, 0.05) is 13.0 Å². The van der Waals surface area contributed by atoms with E-state index in [1.165, 1.54) is 103 Å². The molecule has 344 valence electrons. The molecule has 0 aromatic carbocycles. The minimum atomic E-state index is -5.03. The molecule has 0 spiro atoms. The van der Waals surface area contributed by atoms with Gasteiger partial charge in [-0.05, 0) is 38.5 Å². The summed E-state index contributed by atoms with van der Waals surface area (Å²) < 4.78 is 34.1. The molecule has 6 N–H and O–H groups in total. The average molecular weight is 859 g/mol. The van der Waals surface area contributed by atoms with E-state index in [1.54, 1.807) is 0 Å². The highest BCUT2D eigenvalue weighted by atomic mass is 31.2. The summed E-state index contributed by atoms with van der Waals surface area (Å²) in [5.74, 6) is -0.555. The zero-order valence-electron chi connectivity index (χ0n) is 36.5. The molecule has 6 unspecified atom stereocenters. The summed E-state index contributed by atoms with van der Waals surface area (Å²) in [4.78, 5) is 23.1. The van der Waals surface area contributed by atoms with Gasteiger partial charge in [-0.1, -0.05) is 178 Å². The van der Waals surface area contributed by atoms with Crippen molar-refractivity contribution < 1.29 is 58.3 Å². The van der Waals surface area contributed by atoms with Gasteiger partial charge in [0.25, 0.3) is 0 Å². The van der Waals surface area contributed by atoms with E-state index < -0.39 is 63.1 Å². The number of carbonyl (C=O) groups excluding carboxylic acids is 1. The topological polar surface area (TPSA) is 192 Å². The summed E-state index contributed by atoms with van der Waals surface area (Å²) in [6.45, 7) is 4.07. The van der Waals surface area contributed by atoms with E-state index in [2.05, 4.69) is 50.3 Å². The summed E-state index contributed by atoms with van der Waals surface area (Å²) in [5.41, 5.74) is 0. The molecule has 0 amide bonds. The first-order chi connectivity index (χ1) is 28.5. The third kappa shape index (κ3) is 29.3. The molecular weight excluding hydrogens is 775 g/mol. The summed E-state index contributed by atoms with van der Waals surface area (Å²) in [5, 5.41) is 50.1. The Morgan fingerprint density at radius 1 is 0.559 bits per heavy atom. The van der Waals surface area contributed by atoms with Crippen molar-refractivity contribution in [1.82, 2.24) is 0 Å². The molecule has 1 saturated carbocycles. The Kier molecular flexibility index (Phi) is 34.6. The number of ether oxygens (including phenoxy) is 2. The number of aliphatic hydroxyl groups is 5. The predicted molar refractivity (Wildman–Crippen MR) is 235 cm³/mol. The van der Waals surface area contributed by atoms with Crippen LogP contribution in [-0.4, -0.2) is 98.9 Å². The first kappa shape index (κ1) is 55.3. The number of allylic oxidation sites excluding steroid dienone is 8. The first-order valence-corrected chi connectivity index (χ1v) is 24.5. The van der Waals surface area contributed by atoms with E-state index in [0.29, 0.717) is 13.0 Å². The maximum Gasteiger partial charge on any atom is 0.472 e. The predicted octanol–water partition coefficient (Wildman–Crippen LogP) is 9.25. The number of hydrogen-bond acceptors (Lipinski definition) is 11. The molecule has 0 aromatic rings. The van der Waals surface area contributed by atoms with Crippen LogP contribution in [0.4, 0.5) is 0 Å². The smallest absolute Gasteiger partial charge is 0.457 e. The van der Waals surface area contributed by atoms with Crippen LogP contribution >= 0.6 is 7.82 Å². The molecule has 6 atom stereocenters. The lowest BCUT2D eigenvalue weighted by Gasteiger charge is -2.41. The second kappa shape index (κ2) is 36.9. The Labute approximate surface area is 356 Å². The van der Waals surface area contributed by atoms with Crippen LogP contribution in [0, 0.1) is 0 Å². The third-order valence-corrected chi connectivity index (χ3v) is 11.5. The summed E-state index contributed by atoms with van der Waals surface area (Å²) >= 11 is 0. The number of hydrogen-bond donors (Lipinski definition) is 6. The second-order valence-electron chi connectivity index (χ2n) is 15.9. The molecule has 0 aliphatic heterocycles. The molecule has 13 heteroatoms. The quantitative estimate of drug-likeness (QED) is 0.0150. The van der Waals surface area contributed by atoms with Gasteiger partial charge < -0.3 is 39.9 Å². The molecule has 0 aromatic heterocycles. The number of phosphoric acid groups is 1. The summed E-state index contributed by atoms with van der Waals surface area (Å²) in [6, 6.07) is 0. The second-order valence-corrected chi connectivity index (χ2v) is 17.3. The minimum absolute atomic E-state index is 0.0654. The summed E-state index contributed by atoms with van der Waals surface area (Å²) in [6.07, 6.45) is 32.1. The lowest BCUT2D eigenvalue weighted by Crippen LogP contribution is -2.64. The third-order valence-electron chi connectivity index (χ3n) is 10.5. The van der Waals surface area contributed by atoms with E-state index in [0.717, 1.165) is 44.9 Å². The molecule has 0 saturated heterocycles. The maximum atomic E-state index is 12.8. The van der Waals surface area contributed by atoms with Crippen molar-refractivity contribution >= 4 is 13.8 Å². The van der Waals surface area contributed by atoms with Crippen LogP contribution in [0.1, 0.15) is 174 Å². The average Bonchev–Trinajstić information content (AvgIpc) is 3.22. The molecule has 1 fully saturated rings. The van der Waals surface area contributed by atoms with Gasteiger partial charge in [0.2, 0.25) is 0 Å². The Bertz CT molecular complexity index is 1160. The Hall–Kier alpha value is -1.70. The number of esters is 1. The van der Waals surface area contributed by atoms with Crippen molar-refractivity contribution in [2.75, 3.05) is 19.8 Å². The van der Waals surface area contributed by atoms with Gasteiger partial charge in [-0.2, -0.15) is 0 Å². The number of unbranched alkanes of at least 4 members (excludes halogenated alkanes) is 18. The lowest BCUT2D eigenvalue weighted by molar-refractivity contribution is -0.220. The fraction of sp³-hybridized carbons (Fsp3) is 0.804. The highest BCUT2D eigenvalue weighted by molar-refractivity contribution is 7.47. The van der Waals surface area contributed by atoms with Crippen molar-refractivity contribution in [2.45, 2.75) is 217 Å². The molecule has 1 aliphatic rings. The Morgan fingerprint density at radius 2 is 0.966 bits per heavy atom. The molecule has 12 nitrogen and oxygen atoms in total. The van der Waals surface area contributed by atoms with Gasteiger partial charge in [0.1, 0.15) is 42.7 Å². The van der Waals surface area contributed by atoms with Crippen molar-refractivity contribution in [3.8, 4) is 0 Å². The Balaban J connectivity index is 2.40. The molecule has 59 heavy (non-hydrogen) atoms. The fourth-order valence-electron chi connectivity index (χ4n) is 6.84. The summed E-state index contributed by atoms with van der Waals surface area (Å²) in [7, 11) is -5.03. The van der Waals surface area contributed by atoms with Gasteiger partial charge in [0.05, 0.1) is 13.2 Å². The number of carbonyl (C=O) groups is 1. The van der Waals surface area contributed by atoms with Gasteiger partial charge in [0.15, 0.2) is 0 Å². The van der Waals surface area contributed by atoms with E-state index in [1.807, 2.05) is 12.2 Å². The van der Waals surface area contributed by atoms with Crippen molar-refractivity contribution in [1.29, 1.82) is 0 Å².